The van der Waals surface area contributed by atoms with Crippen LogP contribution in [0.4, 0.5) is 14.4 Å². The highest BCUT2D eigenvalue weighted by atomic mass is 16.6. The van der Waals surface area contributed by atoms with Crippen LogP contribution in [0.5, 0.6) is 0 Å². The Labute approximate surface area is 221 Å². The van der Waals surface area contributed by atoms with E-state index in [9.17, 15) is 24.5 Å². The van der Waals surface area contributed by atoms with Crippen LogP contribution in [0.2, 0.25) is 0 Å². The van der Waals surface area contributed by atoms with E-state index in [1.165, 1.54) is 0 Å². The Morgan fingerprint density at radius 1 is 0.595 bits per heavy atom. The molecule has 0 aliphatic carbocycles. The average molecular weight is 533 g/mol. The number of alkyl carbamates (subject to hydrolysis) is 3. The smallest absolute Gasteiger partial charge is 0.407 e. The summed E-state index contributed by atoms with van der Waals surface area (Å²) < 4.78 is 15.6. The lowest BCUT2D eigenvalue weighted by Crippen LogP contribution is -2.42. The van der Waals surface area contributed by atoms with Crippen LogP contribution < -0.4 is 16.0 Å². The van der Waals surface area contributed by atoms with Crippen molar-refractivity contribution >= 4 is 18.3 Å². The highest BCUT2D eigenvalue weighted by molar-refractivity contribution is 5.68. The molecule has 0 heterocycles. The number of hydrogen-bond donors (Lipinski definition) is 3. The first-order valence-electron chi connectivity index (χ1n) is 12.8. The van der Waals surface area contributed by atoms with Gasteiger partial charge < -0.3 is 30.2 Å². The molecule has 37 heavy (non-hydrogen) atoms. The van der Waals surface area contributed by atoms with Crippen LogP contribution in [0.15, 0.2) is 0 Å². The second kappa shape index (κ2) is 14.8. The van der Waals surface area contributed by atoms with Gasteiger partial charge in [-0.1, -0.05) is 0 Å². The van der Waals surface area contributed by atoms with Gasteiger partial charge in [0, 0.05) is 43.8 Å². The molecule has 0 rings (SSSR count). The lowest BCUT2D eigenvalue weighted by atomic mass is 9.84. The number of carbonyl (C=O) groups excluding carboxylic acids is 3. The van der Waals surface area contributed by atoms with Gasteiger partial charge in [-0.3, -0.25) is 10.1 Å². The molecule has 3 amide bonds. The minimum absolute atomic E-state index is 0.203. The minimum atomic E-state index is -1.29. The second-order valence-electron chi connectivity index (χ2n) is 12.1. The molecule has 12 nitrogen and oxygen atoms in total. The summed E-state index contributed by atoms with van der Waals surface area (Å²) >= 11 is 0. The number of nitrogens with zero attached hydrogens (tertiary/aromatic N) is 1. The zero-order valence-corrected chi connectivity index (χ0v) is 24.1. The molecule has 0 aliphatic heterocycles. The maximum Gasteiger partial charge on any atom is 0.407 e. The van der Waals surface area contributed by atoms with Crippen molar-refractivity contribution in [3.05, 3.63) is 10.1 Å². The van der Waals surface area contributed by atoms with Crippen molar-refractivity contribution in [2.75, 3.05) is 19.6 Å². The van der Waals surface area contributed by atoms with E-state index >= 15 is 0 Å². The Bertz CT molecular complexity index is 663. The van der Waals surface area contributed by atoms with Gasteiger partial charge in [0.1, 0.15) is 16.8 Å². The predicted octanol–water partition coefficient (Wildman–Crippen LogP) is 4.92. The molecule has 216 valence electrons. The van der Waals surface area contributed by atoms with Gasteiger partial charge in [-0.15, -0.1) is 0 Å². The fourth-order valence-electron chi connectivity index (χ4n) is 3.42. The summed E-state index contributed by atoms with van der Waals surface area (Å²) in [5.74, 6) is 0. The summed E-state index contributed by atoms with van der Waals surface area (Å²) in [7, 11) is 0. The van der Waals surface area contributed by atoms with E-state index in [4.69, 9.17) is 14.2 Å². The van der Waals surface area contributed by atoms with Gasteiger partial charge in [0.15, 0.2) is 0 Å². The molecule has 0 aliphatic rings. The first kappa shape index (κ1) is 34.2. The van der Waals surface area contributed by atoms with E-state index < -0.39 is 40.6 Å². The Morgan fingerprint density at radius 2 is 0.838 bits per heavy atom. The van der Waals surface area contributed by atoms with Crippen molar-refractivity contribution in [1.82, 2.24) is 16.0 Å². The molecule has 0 saturated carbocycles. The Morgan fingerprint density at radius 3 is 1.03 bits per heavy atom. The Kier molecular flexibility index (Phi) is 13.7. The van der Waals surface area contributed by atoms with E-state index in [-0.39, 0.29) is 43.8 Å². The van der Waals surface area contributed by atoms with Gasteiger partial charge in [0.25, 0.3) is 0 Å². The molecular weight excluding hydrogens is 484 g/mol. The number of ether oxygens (including phenoxy) is 3. The van der Waals surface area contributed by atoms with Gasteiger partial charge in [-0.05, 0) is 81.6 Å². The minimum Gasteiger partial charge on any atom is -0.444 e. The third-order valence-corrected chi connectivity index (χ3v) is 4.85. The molecule has 3 N–H and O–H groups in total. The van der Waals surface area contributed by atoms with Gasteiger partial charge in [-0.2, -0.15) is 0 Å². The Balaban J connectivity index is 5.05. The zero-order valence-electron chi connectivity index (χ0n) is 24.1. The number of nitrogens with one attached hydrogen (secondary N) is 3. The van der Waals surface area contributed by atoms with Crippen molar-refractivity contribution in [3.8, 4) is 0 Å². The quantitative estimate of drug-likeness (QED) is 0.130. The maximum atomic E-state index is 12.2. The number of amides is 3. The highest BCUT2D eigenvalue weighted by Gasteiger charge is 2.41. The van der Waals surface area contributed by atoms with Gasteiger partial charge in [0.2, 0.25) is 5.54 Å². The van der Waals surface area contributed by atoms with Crippen LogP contribution in [0.25, 0.3) is 0 Å². The van der Waals surface area contributed by atoms with Crippen LogP contribution >= 0.6 is 0 Å². The number of carbonyl (C=O) groups is 3. The van der Waals surface area contributed by atoms with E-state index in [1.54, 1.807) is 62.3 Å². The molecule has 0 radical (unpaired) electrons. The summed E-state index contributed by atoms with van der Waals surface area (Å²) in [5, 5.41) is 20.1. The predicted molar refractivity (Wildman–Crippen MR) is 140 cm³/mol. The topological polar surface area (TPSA) is 158 Å². The van der Waals surface area contributed by atoms with Crippen molar-refractivity contribution in [3.63, 3.8) is 0 Å². The monoisotopic (exact) mass is 532 g/mol. The van der Waals surface area contributed by atoms with Crippen molar-refractivity contribution in [2.24, 2.45) is 0 Å². The first-order chi connectivity index (χ1) is 16.7. The highest BCUT2D eigenvalue weighted by Crippen LogP contribution is 2.29. The van der Waals surface area contributed by atoms with Crippen LogP contribution in [-0.4, -0.2) is 65.2 Å². The molecule has 0 spiro atoms. The largest absolute Gasteiger partial charge is 0.444 e. The normalized spacial score (nSPS) is 12.4. The van der Waals surface area contributed by atoms with E-state index in [0.29, 0.717) is 19.3 Å². The first-order valence-corrected chi connectivity index (χ1v) is 12.8. The van der Waals surface area contributed by atoms with Crippen molar-refractivity contribution < 1.29 is 33.5 Å². The molecule has 0 bridgehead atoms. The molecule has 12 heteroatoms. The lowest BCUT2D eigenvalue weighted by molar-refractivity contribution is -0.574. The van der Waals surface area contributed by atoms with Gasteiger partial charge in [-0.25, -0.2) is 14.4 Å². The average Bonchev–Trinajstić information content (AvgIpc) is 2.66. The maximum absolute atomic E-state index is 12.2. The van der Waals surface area contributed by atoms with Crippen LogP contribution in [0, 0.1) is 10.1 Å². The Hall–Kier alpha value is -2.79. The molecule has 0 aromatic carbocycles. The SMILES string of the molecule is CC(C)(C)OC(=O)NCCCC(CCCNC(=O)OC(C)(C)C)(CCCNC(=O)OC(C)(C)C)[N+](=O)[O-]. The van der Waals surface area contributed by atoms with Gasteiger partial charge >= 0.3 is 18.3 Å². The molecule has 0 unspecified atom stereocenters. The standard InChI is InChI=1S/C25H48N4O8/c1-22(2,3)35-19(30)26-16-10-13-25(29(33)34,14-11-17-27-20(31)36-23(4,5)6)15-12-18-28-21(32)37-24(7,8)9/h10-18H2,1-9H3,(H,26,30)(H,27,31)(H,28,32). The molecule has 0 fully saturated rings. The number of hydrogen-bond acceptors (Lipinski definition) is 8. The summed E-state index contributed by atoms with van der Waals surface area (Å²) in [6.45, 7) is 16.4. The number of rotatable bonds is 13. The van der Waals surface area contributed by atoms with Crippen molar-refractivity contribution in [2.45, 2.75) is 123 Å². The summed E-state index contributed by atoms with van der Waals surface area (Å²) in [4.78, 5) is 47.6. The fraction of sp³-hybridized carbons (Fsp3) is 0.880. The third-order valence-electron chi connectivity index (χ3n) is 4.85. The van der Waals surface area contributed by atoms with Crippen molar-refractivity contribution in [1.29, 1.82) is 0 Å². The van der Waals surface area contributed by atoms with Gasteiger partial charge in [0.05, 0.1) is 0 Å². The molecule has 0 saturated heterocycles. The summed E-state index contributed by atoms with van der Waals surface area (Å²) in [5.41, 5.74) is -3.22. The van der Waals surface area contributed by atoms with E-state index in [0.717, 1.165) is 0 Å². The number of nitro groups is 1. The fourth-order valence-corrected chi connectivity index (χ4v) is 3.42. The summed E-state index contributed by atoms with van der Waals surface area (Å²) in [6.07, 6.45) is -0.0534. The van der Waals surface area contributed by atoms with Crippen LogP contribution in [0.3, 0.4) is 0 Å². The molecule has 0 aromatic heterocycles. The van der Waals surface area contributed by atoms with Crippen LogP contribution in [0.1, 0.15) is 101 Å². The molecule has 0 atom stereocenters. The zero-order chi connectivity index (χ0) is 28.9. The molecule has 0 aromatic rings. The third kappa shape index (κ3) is 18.2. The van der Waals surface area contributed by atoms with Crippen LogP contribution in [-0.2, 0) is 14.2 Å². The van der Waals surface area contributed by atoms with E-state index in [1.807, 2.05) is 0 Å². The molecular formula is C25H48N4O8. The van der Waals surface area contributed by atoms with E-state index in [2.05, 4.69) is 16.0 Å². The summed E-state index contributed by atoms with van der Waals surface area (Å²) in [6, 6.07) is 0. The lowest BCUT2D eigenvalue weighted by Gasteiger charge is -2.26. The second-order valence-corrected chi connectivity index (χ2v) is 12.1.